The molecule has 0 aliphatic heterocycles. The van der Waals surface area contributed by atoms with Crippen molar-refractivity contribution in [3.05, 3.63) is 0 Å². The Labute approximate surface area is 96.4 Å². The summed E-state index contributed by atoms with van der Waals surface area (Å²) in [5, 5.41) is 8.50. The summed E-state index contributed by atoms with van der Waals surface area (Å²) >= 11 is 0. The highest BCUT2D eigenvalue weighted by Gasteiger charge is 2.36. The predicted octanol–water partition coefficient (Wildman–Crippen LogP) is 2.26. The maximum absolute atomic E-state index is 11.4. The fourth-order valence-electron chi connectivity index (χ4n) is 1.72. The molecule has 0 aromatic carbocycles. The molecular weight excluding hydrogens is 236 g/mol. The first kappa shape index (κ1) is 14.7. The van der Waals surface area contributed by atoms with Crippen molar-refractivity contribution in [1.29, 1.82) is 5.26 Å². The highest BCUT2D eigenvalue weighted by Crippen LogP contribution is 2.28. The van der Waals surface area contributed by atoms with Crippen LogP contribution in [0.4, 0.5) is 0 Å². The summed E-state index contributed by atoms with van der Waals surface area (Å²) in [6.07, 6.45) is 0.774. The molecule has 15 heavy (non-hydrogen) atoms. The van der Waals surface area contributed by atoms with E-state index in [0.717, 1.165) is 0 Å². The number of hydrogen-bond donors (Lipinski definition) is 0. The number of nitrogens with zero attached hydrogens (tertiary/aromatic N) is 2. The van der Waals surface area contributed by atoms with E-state index in [1.54, 1.807) is 27.7 Å². The predicted molar refractivity (Wildman–Crippen MR) is 60.7 cm³/mol. The third-order valence-corrected chi connectivity index (χ3v) is 3.98. The van der Waals surface area contributed by atoms with Crippen LogP contribution in [0.1, 0.15) is 40.5 Å². The molecule has 0 aromatic heterocycles. The molecule has 0 saturated heterocycles. The lowest BCUT2D eigenvalue weighted by atomic mass is 9.98. The Morgan fingerprint density at radius 3 is 2.20 bits per heavy atom. The number of nitriles is 1. The largest absolute Gasteiger partial charge is 0.300 e. The molecule has 0 aliphatic carbocycles. The summed E-state index contributed by atoms with van der Waals surface area (Å²) in [4.78, 5) is 0. The van der Waals surface area contributed by atoms with Crippen LogP contribution in [0.2, 0.25) is 0 Å². The Kier molecular flexibility index (Phi) is 5.04. The zero-order valence-corrected chi connectivity index (χ0v) is 11.1. The van der Waals surface area contributed by atoms with Crippen LogP contribution >= 0.6 is 10.7 Å². The average molecular weight is 253 g/mol. The van der Waals surface area contributed by atoms with Crippen molar-refractivity contribution in [2.75, 3.05) is 0 Å². The quantitative estimate of drug-likeness (QED) is 0.705. The van der Waals surface area contributed by atoms with Crippen molar-refractivity contribution in [2.24, 2.45) is 0 Å². The molecule has 0 saturated carbocycles. The van der Waals surface area contributed by atoms with Crippen LogP contribution in [0.5, 0.6) is 0 Å². The van der Waals surface area contributed by atoms with Gasteiger partial charge in [-0.05, 0) is 34.1 Å². The SMILES string of the molecule is CC(C)N(C(C)(C)CCC#N)S(=O)(=O)Cl. The summed E-state index contributed by atoms with van der Waals surface area (Å²) in [5.74, 6) is 0. The first-order valence-electron chi connectivity index (χ1n) is 4.74. The van der Waals surface area contributed by atoms with Crippen molar-refractivity contribution in [3.63, 3.8) is 0 Å². The lowest BCUT2D eigenvalue weighted by molar-refractivity contribution is 0.184. The first-order chi connectivity index (χ1) is 6.63. The number of hydrogen-bond acceptors (Lipinski definition) is 3. The van der Waals surface area contributed by atoms with Crippen LogP contribution in [-0.2, 0) is 9.24 Å². The summed E-state index contributed by atoms with van der Waals surface area (Å²) in [7, 11) is 1.62. The number of halogens is 1. The van der Waals surface area contributed by atoms with E-state index in [2.05, 4.69) is 0 Å². The van der Waals surface area contributed by atoms with Crippen molar-refractivity contribution in [3.8, 4) is 6.07 Å². The van der Waals surface area contributed by atoms with Gasteiger partial charge in [-0.1, -0.05) is 0 Å². The standard InChI is InChI=1S/C9H17ClN2O2S/c1-8(2)12(15(10,13)14)9(3,4)6-5-7-11/h8H,5-6H2,1-4H3. The number of rotatable bonds is 5. The Morgan fingerprint density at radius 2 is 1.93 bits per heavy atom. The maximum Gasteiger partial charge on any atom is 0.300 e. The first-order valence-corrected chi connectivity index (χ1v) is 7.00. The maximum atomic E-state index is 11.4. The van der Waals surface area contributed by atoms with Gasteiger partial charge in [0.2, 0.25) is 0 Å². The summed E-state index contributed by atoms with van der Waals surface area (Å²) in [6.45, 7) is 7.05. The molecule has 0 unspecified atom stereocenters. The Morgan fingerprint density at radius 1 is 1.47 bits per heavy atom. The monoisotopic (exact) mass is 252 g/mol. The second kappa shape index (κ2) is 5.15. The highest BCUT2D eigenvalue weighted by atomic mass is 35.7. The van der Waals surface area contributed by atoms with Gasteiger partial charge >= 0.3 is 9.24 Å². The minimum Gasteiger partial charge on any atom is -0.198 e. The molecule has 0 heterocycles. The molecule has 0 bridgehead atoms. The molecule has 0 fully saturated rings. The molecule has 0 aromatic rings. The topological polar surface area (TPSA) is 61.2 Å². The van der Waals surface area contributed by atoms with Crippen LogP contribution in [0.3, 0.4) is 0 Å². The van der Waals surface area contributed by atoms with E-state index in [-0.39, 0.29) is 6.04 Å². The highest BCUT2D eigenvalue weighted by molar-refractivity contribution is 8.11. The van der Waals surface area contributed by atoms with E-state index >= 15 is 0 Å². The molecule has 0 radical (unpaired) electrons. The molecule has 0 aliphatic rings. The molecule has 0 spiro atoms. The van der Waals surface area contributed by atoms with Gasteiger partial charge in [-0.15, -0.1) is 0 Å². The van der Waals surface area contributed by atoms with Gasteiger partial charge in [-0.3, -0.25) is 0 Å². The van der Waals surface area contributed by atoms with Crippen molar-refractivity contribution >= 4 is 19.9 Å². The minimum absolute atomic E-state index is 0.221. The zero-order valence-electron chi connectivity index (χ0n) is 9.49. The molecule has 0 atom stereocenters. The fraction of sp³-hybridized carbons (Fsp3) is 0.889. The van der Waals surface area contributed by atoms with Crippen LogP contribution in [0, 0.1) is 11.3 Å². The lowest BCUT2D eigenvalue weighted by Gasteiger charge is -2.37. The van der Waals surface area contributed by atoms with Crippen LogP contribution < -0.4 is 0 Å². The summed E-state index contributed by atoms with van der Waals surface area (Å²) in [5.41, 5.74) is -0.634. The van der Waals surface area contributed by atoms with E-state index in [1.807, 2.05) is 6.07 Å². The summed E-state index contributed by atoms with van der Waals surface area (Å²) in [6, 6.07) is 1.78. The third-order valence-electron chi connectivity index (χ3n) is 2.15. The van der Waals surface area contributed by atoms with Gasteiger partial charge in [0.25, 0.3) is 0 Å². The van der Waals surface area contributed by atoms with E-state index in [0.29, 0.717) is 12.8 Å². The smallest absolute Gasteiger partial charge is 0.198 e. The van der Waals surface area contributed by atoms with Gasteiger partial charge in [0.1, 0.15) is 0 Å². The van der Waals surface area contributed by atoms with Crippen LogP contribution in [-0.4, -0.2) is 24.3 Å². The van der Waals surface area contributed by atoms with Gasteiger partial charge in [0.05, 0.1) is 6.07 Å². The fourth-order valence-corrected chi connectivity index (χ4v) is 3.94. The van der Waals surface area contributed by atoms with E-state index in [1.165, 1.54) is 4.31 Å². The molecule has 0 N–H and O–H groups in total. The molecule has 0 amide bonds. The lowest BCUT2D eigenvalue weighted by Crippen LogP contribution is -2.49. The van der Waals surface area contributed by atoms with E-state index in [9.17, 15) is 8.42 Å². The van der Waals surface area contributed by atoms with Crippen molar-refractivity contribution in [1.82, 2.24) is 4.31 Å². The minimum atomic E-state index is -3.76. The van der Waals surface area contributed by atoms with Crippen LogP contribution in [0.25, 0.3) is 0 Å². The second-order valence-corrected chi connectivity index (χ2v) is 6.69. The second-order valence-electron chi connectivity index (χ2n) is 4.30. The van der Waals surface area contributed by atoms with Gasteiger partial charge in [0, 0.05) is 28.7 Å². The molecule has 4 nitrogen and oxygen atoms in total. The Hall–Kier alpha value is -0.310. The van der Waals surface area contributed by atoms with Gasteiger partial charge in [0.15, 0.2) is 0 Å². The third kappa shape index (κ3) is 4.37. The van der Waals surface area contributed by atoms with Gasteiger partial charge in [-0.25, -0.2) is 0 Å². The van der Waals surface area contributed by atoms with Crippen molar-refractivity contribution in [2.45, 2.75) is 52.1 Å². The van der Waals surface area contributed by atoms with E-state index in [4.69, 9.17) is 15.9 Å². The molecule has 88 valence electrons. The Balaban J connectivity index is 5.02. The van der Waals surface area contributed by atoms with Gasteiger partial charge < -0.3 is 0 Å². The van der Waals surface area contributed by atoms with Crippen molar-refractivity contribution < 1.29 is 8.42 Å². The summed E-state index contributed by atoms with van der Waals surface area (Å²) < 4.78 is 24.0. The Bertz CT molecular complexity index is 344. The molecular formula is C9H17ClN2O2S. The van der Waals surface area contributed by atoms with Gasteiger partial charge in [-0.2, -0.15) is 18.0 Å². The molecule has 6 heteroatoms. The zero-order chi connectivity index (χ0) is 12.3. The normalized spacial score (nSPS) is 13.2. The van der Waals surface area contributed by atoms with Crippen LogP contribution in [0.15, 0.2) is 0 Å². The average Bonchev–Trinajstić information content (AvgIpc) is 1.96. The van der Waals surface area contributed by atoms with E-state index < -0.39 is 14.8 Å². The molecule has 0 rings (SSSR count).